The first-order valence-electron chi connectivity index (χ1n) is 6.65. The van der Waals surface area contributed by atoms with E-state index in [1.165, 1.54) is 0 Å². The summed E-state index contributed by atoms with van der Waals surface area (Å²) in [6, 6.07) is 9.88. The number of nitrogens with zero attached hydrogens (tertiary/aromatic N) is 2. The zero-order valence-electron chi connectivity index (χ0n) is 11.7. The van der Waals surface area contributed by atoms with E-state index in [9.17, 15) is 0 Å². The largest absolute Gasteiger partial charge is 0.373 e. The van der Waals surface area contributed by atoms with Gasteiger partial charge in [0.1, 0.15) is 16.7 Å². The smallest absolute Gasteiger partial charge is 0.132 e. The van der Waals surface area contributed by atoms with Gasteiger partial charge in [-0.2, -0.15) is 0 Å². The van der Waals surface area contributed by atoms with E-state index in [1.54, 1.807) is 11.8 Å². The average Bonchev–Trinajstić information content (AvgIpc) is 2.46. The first-order chi connectivity index (χ1) is 9.72. The molecule has 0 unspecified atom stereocenters. The molecule has 1 N–H and O–H groups in total. The fourth-order valence-corrected chi connectivity index (χ4v) is 2.98. The third-order valence-corrected chi connectivity index (χ3v) is 4.14. The Balaban J connectivity index is 2.12. The number of halogens is 1. The van der Waals surface area contributed by atoms with Gasteiger partial charge in [0, 0.05) is 30.3 Å². The van der Waals surface area contributed by atoms with E-state index >= 15 is 0 Å². The van der Waals surface area contributed by atoms with Crippen molar-refractivity contribution in [3.63, 3.8) is 0 Å². The number of hydrogen-bond acceptors (Lipinski definition) is 4. The molecule has 1 aromatic heterocycles. The highest BCUT2D eigenvalue weighted by Gasteiger charge is 2.06. The van der Waals surface area contributed by atoms with Crippen LogP contribution in [0.15, 0.2) is 35.4 Å². The molecule has 2 rings (SSSR count). The summed E-state index contributed by atoms with van der Waals surface area (Å²) in [6.45, 7) is 2.13. The number of rotatable bonds is 6. The van der Waals surface area contributed by atoms with Crippen LogP contribution in [0.1, 0.15) is 24.7 Å². The lowest BCUT2D eigenvalue weighted by Crippen LogP contribution is -2.01. The topological polar surface area (TPSA) is 37.8 Å². The highest BCUT2D eigenvalue weighted by atomic mass is 35.5. The van der Waals surface area contributed by atoms with Crippen molar-refractivity contribution >= 4 is 29.2 Å². The Labute approximate surface area is 129 Å². The Bertz CT molecular complexity index is 575. The van der Waals surface area contributed by atoms with Crippen LogP contribution in [-0.2, 0) is 12.2 Å². The predicted octanol–water partition coefficient (Wildman–Crippen LogP) is 4.42. The molecule has 3 nitrogen and oxygen atoms in total. The number of anilines is 1. The number of aromatic nitrogens is 2. The van der Waals surface area contributed by atoms with Crippen LogP contribution >= 0.6 is 23.4 Å². The summed E-state index contributed by atoms with van der Waals surface area (Å²) < 4.78 is 0. The lowest BCUT2D eigenvalue weighted by molar-refractivity contribution is 0.811. The standard InChI is InChI=1S/C15H18ClN3S/c1-3-6-13-18-14(17-2)9-15(19-13)20-10-11-7-4-5-8-12(11)16/h4-5,7-9H,3,6,10H2,1-2H3,(H,17,18,19). The molecule has 20 heavy (non-hydrogen) atoms. The van der Waals surface area contributed by atoms with Gasteiger partial charge in [0.2, 0.25) is 0 Å². The Morgan fingerprint density at radius 2 is 2.05 bits per heavy atom. The van der Waals surface area contributed by atoms with Crippen molar-refractivity contribution in [2.45, 2.75) is 30.5 Å². The Morgan fingerprint density at radius 1 is 1.25 bits per heavy atom. The Kier molecular flexibility index (Phi) is 5.68. The average molecular weight is 308 g/mol. The minimum Gasteiger partial charge on any atom is -0.373 e. The van der Waals surface area contributed by atoms with Crippen molar-refractivity contribution in [1.29, 1.82) is 0 Å². The van der Waals surface area contributed by atoms with Gasteiger partial charge in [0.05, 0.1) is 0 Å². The molecule has 106 valence electrons. The van der Waals surface area contributed by atoms with Crippen LogP contribution < -0.4 is 5.32 Å². The number of nitrogens with one attached hydrogen (secondary N) is 1. The third kappa shape index (κ3) is 4.12. The van der Waals surface area contributed by atoms with E-state index in [-0.39, 0.29) is 0 Å². The van der Waals surface area contributed by atoms with Crippen molar-refractivity contribution in [2.75, 3.05) is 12.4 Å². The Morgan fingerprint density at radius 3 is 2.75 bits per heavy atom. The van der Waals surface area contributed by atoms with E-state index in [0.29, 0.717) is 0 Å². The fourth-order valence-electron chi connectivity index (χ4n) is 1.78. The summed E-state index contributed by atoms with van der Waals surface area (Å²) in [5.41, 5.74) is 1.13. The normalized spacial score (nSPS) is 10.6. The SMILES string of the molecule is CCCc1nc(NC)cc(SCc2ccccc2Cl)n1. The van der Waals surface area contributed by atoms with Gasteiger partial charge in [-0.1, -0.05) is 36.7 Å². The zero-order valence-corrected chi connectivity index (χ0v) is 13.3. The van der Waals surface area contributed by atoms with Gasteiger partial charge in [-0.05, 0) is 18.1 Å². The molecule has 0 saturated heterocycles. The summed E-state index contributed by atoms with van der Waals surface area (Å²) in [5, 5.41) is 4.87. The van der Waals surface area contributed by atoms with Gasteiger partial charge in [0.15, 0.2) is 0 Å². The van der Waals surface area contributed by atoms with E-state index in [0.717, 1.165) is 45.8 Å². The zero-order chi connectivity index (χ0) is 14.4. The minimum absolute atomic E-state index is 0.802. The second-order valence-electron chi connectivity index (χ2n) is 4.39. The number of benzene rings is 1. The molecule has 0 aliphatic carbocycles. The van der Waals surface area contributed by atoms with Crippen molar-refractivity contribution in [1.82, 2.24) is 9.97 Å². The molecule has 1 heterocycles. The number of hydrogen-bond donors (Lipinski definition) is 1. The summed E-state index contributed by atoms with van der Waals surface area (Å²) >= 11 is 7.85. The lowest BCUT2D eigenvalue weighted by Gasteiger charge is -2.08. The van der Waals surface area contributed by atoms with Crippen LogP contribution in [0.25, 0.3) is 0 Å². The quantitative estimate of drug-likeness (QED) is 0.633. The van der Waals surface area contributed by atoms with E-state index < -0.39 is 0 Å². The molecule has 0 bridgehead atoms. The minimum atomic E-state index is 0.802. The van der Waals surface area contributed by atoms with Crippen molar-refractivity contribution in [3.05, 3.63) is 46.7 Å². The number of aryl methyl sites for hydroxylation is 1. The highest BCUT2D eigenvalue weighted by molar-refractivity contribution is 7.98. The van der Waals surface area contributed by atoms with Crippen LogP contribution in [0.3, 0.4) is 0 Å². The fraction of sp³-hybridized carbons (Fsp3) is 0.333. The maximum atomic E-state index is 6.17. The molecule has 0 saturated carbocycles. The first kappa shape index (κ1) is 15.1. The van der Waals surface area contributed by atoms with Crippen LogP contribution in [0.5, 0.6) is 0 Å². The summed E-state index contributed by atoms with van der Waals surface area (Å²) in [5.74, 6) is 2.57. The maximum absolute atomic E-state index is 6.17. The van der Waals surface area contributed by atoms with Crippen molar-refractivity contribution in [2.24, 2.45) is 0 Å². The molecule has 0 amide bonds. The lowest BCUT2D eigenvalue weighted by atomic mass is 10.2. The van der Waals surface area contributed by atoms with E-state index in [4.69, 9.17) is 11.6 Å². The molecule has 1 aromatic carbocycles. The van der Waals surface area contributed by atoms with Crippen LogP contribution in [-0.4, -0.2) is 17.0 Å². The molecular formula is C15H18ClN3S. The molecule has 0 fully saturated rings. The molecule has 0 aliphatic heterocycles. The van der Waals surface area contributed by atoms with Gasteiger partial charge in [0.25, 0.3) is 0 Å². The number of thioether (sulfide) groups is 1. The van der Waals surface area contributed by atoms with E-state index in [1.807, 2.05) is 37.4 Å². The second-order valence-corrected chi connectivity index (χ2v) is 5.79. The molecule has 0 atom stereocenters. The summed E-state index contributed by atoms with van der Waals surface area (Å²) in [4.78, 5) is 9.04. The Hall–Kier alpha value is -1.26. The monoisotopic (exact) mass is 307 g/mol. The van der Waals surface area contributed by atoms with Crippen molar-refractivity contribution in [3.8, 4) is 0 Å². The third-order valence-electron chi connectivity index (χ3n) is 2.81. The summed E-state index contributed by atoms with van der Waals surface area (Å²) in [7, 11) is 1.88. The van der Waals surface area contributed by atoms with Gasteiger partial charge in [-0.15, -0.1) is 11.8 Å². The second kappa shape index (κ2) is 7.50. The van der Waals surface area contributed by atoms with Crippen LogP contribution in [0.4, 0.5) is 5.82 Å². The highest BCUT2D eigenvalue weighted by Crippen LogP contribution is 2.26. The van der Waals surface area contributed by atoms with Crippen LogP contribution in [0, 0.1) is 0 Å². The van der Waals surface area contributed by atoms with Gasteiger partial charge in [-0.3, -0.25) is 0 Å². The van der Waals surface area contributed by atoms with Gasteiger partial charge >= 0.3 is 0 Å². The van der Waals surface area contributed by atoms with Gasteiger partial charge < -0.3 is 5.32 Å². The van der Waals surface area contributed by atoms with Gasteiger partial charge in [-0.25, -0.2) is 9.97 Å². The first-order valence-corrected chi connectivity index (χ1v) is 8.01. The predicted molar refractivity (Wildman–Crippen MR) is 86.6 cm³/mol. The summed E-state index contributed by atoms with van der Waals surface area (Å²) in [6.07, 6.45) is 1.94. The molecule has 0 radical (unpaired) electrons. The maximum Gasteiger partial charge on any atom is 0.132 e. The molecule has 5 heteroatoms. The molecular weight excluding hydrogens is 290 g/mol. The molecule has 0 aliphatic rings. The van der Waals surface area contributed by atoms with Crippen molar-refractivity contribution < 1.29 is 0 Å². The molecule has 2 aromatic rings. The van der Waals surface area contributed by atoms with Crippen LogP contribution in [0.2, 0.25) is 5.02 Å². The molecule has 0 spiro atoms. The van der Waals surface area contributed by atoms with E-state index in [2.05, 4.69) is 22.2 Å².